The third kappa shape index (κ3) is 1.43. The van der Waals surface area contributed by atoms with Crippen molar-refractivity contribution in [2.24, 2.45) is 0 Å². The van der Waals surface area contributed by atoms with Crippen molar-refractivity contribution in [3.05, 3.63) is 12.3 Å². The molecule has 7 heavy (non-hydrogen) atoms. The Morgan fingerprint density at radius 1 is 1.71 bits per heavy atom. The molecular formula is C5H9NS. The number of hydrogen-bond donors (Lipinski definition) is 2. The van der Waals surface area contributed by atoms with Gasteiger partial charge < -0.3 is 5.32 Å². The molecule has 1 rings (SSSR count). The Hall–Kier alpha value is -0.110. The molecule has 1 aliphatic rings. The fraction of sp³-hybridized carbons (Fsp3) is 0.600. The van der Waals surface area contributed by atoms with E-state index < -0.39 is 0 Å². The van der Waals surface area contributed by atoms with Crippen LogP contribution in [-0.4, -0.2) is 11.8 Å². The molecule has 1 unspecified atom stereocenters. The second-order valence-electron chi connectivity index (χ2n) is 1.70. The number of allylic oxidation sites excluding steroid dienone is 1. The van der Waals surface area contributed by atoms with E-state index in [0.29, 0.717) is 5.25 Å². The maximum absolute atomic E-state index is 4.25. The zero-order valence-corrected chi connectivity index (χ0v) is 4.99. The van der Waals surface area contributed by atoms with Crippen molar-refractivity contribution in [2.45, 2.75) is 11.7 Å². The molecular weight excluding hydrogens is 106 g/mol. The molecule has 0 bridgehead atoms. The van der Waals surface area contributed by atoms with Gasteiger partial charge in [0.25, 0.3) is 0 Å². The SMILES string of the molecule is SC1CC=CNC1. The van der Waals surface area contributed by atoms with Gasteiger partial charge >= 0.3 is 0 Å². The van der Waals surface area contributed by atoms with Crippen LogP contribution in [0.1, 0.15) is 6.42 Å². The minimum atomic E-state index is 0.532. The molecule has 1 N–H and O–H groups in total. The van der Waals surface area contributed by atoms with Gasteiger partial charge in [0.2, 0.25) is 0 Å². The van der Waals surface area contributed by atoms with Crippen LogP contribution in [-0.2, 0) is 0 Å². The maximum atomic E-state index is 4.25. The van der Waals surface area contributed by atoms with Crippen LogP contribution >= 0.6 is 12.6 Å². The van der Waals surface area contributed by atoms with Crippen LogP contribution in [0.25, 0.3) is 0 Å². The Kier molecular flexibility index (Phi) is 1.63. The molecule has 0 aromatic rings. The van der Waals surface area contributed by atoms with Crippen molar-refractivity contribution in [1.29, 1.82) is 0 Å². The molecule has 0 amide bonds. The predicted octanol–water partition coefficient (Wildman–Crippen LogP) is 0.792. The Labute approximate surface area is 49.2 Å². The second-order valence-corrected chi connectivity index (χ2v) is 2.43. The van der Waals surface area contributed by atoms with E-state index in [0.717, 1.165) is 13.0 Å². The van der Waals surface area contributed by atoms with Gasteiger partial charge in [-0.2, -0.15) is 12.6 Å². The standard InChI is InChI=1S/C5H9NS/c7-5-2-1-3-6-4-5/h1,3,5-7H,2,4H2. The van der Waals surface area contributed by atoms with Crippen molar-refractivity contribution < 1.29 is 0 Å². The first-order valence-electron chi connectivity index (χ1n) is 2.46. The quantitative estimate of drug-likeness (QED) is 0.445. The molecule has 0 aromatic carbocycles. The summed E-state index contributed by atoms with van der Waals surface area (Å²) in [6, 6.07) is 0. The zero-order chi connectivity index (χ0) is 5.11. The van der Waals surface area contributed by atoms with Gasteiger partial charge in [0.05, 0.1) is 0 Å². The van der Waals surface area contributed by atoms with Crippen LogP contribution in [0.3, 0.4) is 0 Å². The molecule has 0 saturated heterocycles. The van der Waals surface area contributed by atoms with Gasteiger partial charge in [0, 0.05) is 11.8 Å². The van der Waals surface area contributed by atoms with Crippen LogP contribution in [0, 0.1) is 0 Å². The van der Waals surface area contributed by atoms with Crippen LogP contribution in [0.2, 0.25) is 0 Å². The number of rotatable bonds is 0. The summed E-state index contributed by atoms with van der Waals surface area (Å²) < 4.78 is 0. The Bertz CT molecular complexity index is 80.1. The summed E-state index contributed by atoms with van der Waals surface area (Å²) in [5.41, 5.74) is 0. The lowest BCUT2D eigenvalue weighted by molar-refractivity contribution is 0.748. The molecule has 0 fully saturated rings. The Balaban J connectivity index is 2.32. The number of hydrogen-bond acceptors (Lipinski definition) is 2. The van der Waals surface area contributed by atoms with Crippen LogP contribution < -0.4 is 5.32 Å². The lowest BCUT2D eigenvalue weighted by Gasteiger charge is -2.11. The van der Waals surface area contributed by atoms with Gasteiger partial charge in [-0.1, -0.05) is 6.08 Å². The third-order valence-electron chi connectivity index (χ3n) is 0.997. The lowest BCUT2D eigenvalue weighted by atomic mass is 10.2. The molecule has 0 radical (unpaired) electrons. The summed E-state index contributed by atoms with van der Waals surface area (Å²) in [6.45, 7) is 1.01. The van der Waals surface area contributed by atoms with E-state index in [2.05, 4.69) is 24.0 Å². The molecule has 0 aliphatic carbocycles. The highest BCUT2D eigenvalue weighted by atomic mass is 32.1. The highest BCUT2D eigenvalue weighted by molar-refractivity contribution is 7.81. The molecule has 2 heteroatoms. The summed E-state index contributed by atoms with van der Waals surface area (Å²) in [5, 5.41) is 3.61. The molecule has 1 heterocycles. The third-order valence-corrected chi connectivity index (χ3v) is 1.39. The predicted molar refractivity (Wildman–Crippen MR) is 34.5 cm³/mol. The fourth-order valence-corrected chi connectivity index (χ4v) is 0.823. The van der Waals surface area contributed by atoms with E-state index in [-0.39, 0.29) is 0 Å². The maximum Gasteiger partial charge on any atom is 0.0261 e. The van der Waals surface area contributed by atoms with Crippen molar-refractivity contribution in [3.8, 4) is 0 Å². The van der Waals surface area contributed by atoms with Gasteiger partial charge in [-0.15, -0.1) is 0 Å². The summed E-state index contributed by atoms with van der Waals surface area (Å²) >= 11 is 4.25. The van der Waals surface area contributed by atoms with E-state index in [4.69, 9.17) is 0 Å². The van der Waals surface area contributed by atoms with Crippen LogP contribution in [0.5, 0.6) is 0 Å². The normalized spacial score (nSPS) is 29.6. The minimum absolute atomic E-state index is 0.532. The molecule has 0 aromatic heterocycles. The smallest absolute Gasteiger partial charge is 0.0261 e. The monoisotopic (exact) mass is 115 g/mol. The first-order chi connectivity index (χ1) is 3.39. The summed E-state index contributed by atoms with van der Waals surface area (Å²) in [5.74, 6) is 0. The van der Waals surface area contributed by atoms with Gasteiger partial charge in [0.1, 0.15) is 0 Å². The topological polar surface area (TPSA) is 12.0 Å². The lowest BCUT2D eigenvalue weighted by Crippen LogP contribution is -2.21. The van der Waals surface area contributed by atoms with Gasteiger partial charge in [-0.25, -0.2) is 0 Å². The molecule has 1 atom stereocenters. The van der Waals surface area contributed by atoms with Crippen LogP contribution in [0.15, 0.2) is 12.3 Å². The largest absolute Gasteiger partial charge is 0.390 e. The summed E-state index contributed by atoms with van der Waals surface area (Å²) in [7, 11) is 0. The van der Waals surface area contributed by atoms with Crippen molar-refractivity contribution in [3.63, 3.8) is 0 Å². The molecule has 1 nitrogen and oxygen atoms in total. The first-order valence-corrected chi connectivity index (χ1v) is 2.97. The average Bonchev–Trinajstić information content (AvgIpc) is 1.69. The number of thiol groups is 1. The summed E-state index contributed by atoms with van der Waals surface area (Å²) in [6.07, 6.45) is 5.18. The Morgan fingerprint density at radius 3 is 2.86 bits per heavy atom. The molecule has 40 valence electrons. The van der Waals surface area contributed by atoms with E-state index in [1.54, 1.807) is 0 Å². The van der Waals surface area contributed by atoms with Gasteiger partial charge in [0.15, 0.2) is 0 Å². The first kappa shape index (κ1) is 5.04. The Morgan fingerprint density at radius 2 is 2.57 bits per heavy atom. The molecule has 0 saturated carbocycles. The molecule has 0 spiro atoms. The van der Waals surface area contributed by atoms with E-state index in [1.807, 2.05) is 6.20 Å². The van der Waals surface area contributed by atoms with Crippen molar-refractivity contribution >= 4 is 12.6 Å². The van der Waals surface area contributed by atoms with E-state index >= 15 is 0 Å². The second kappa shape index (κ2) is 2.26. The fourth-order valence-electron chi connectivity index (χ4n) is 0.596. The highest BCUT2D eigenvalue weighted by Gasteiger charge is 2.00. The van der Waals surface area contributed by atoms with Crippen molar-refractivity contribution in [2.75, 3.05) is 6.54 Å². The van der Waals surface area contributed by atoms with Gasteiger partial charge in [-0.3, -0.25) is 0 Å². The average molecular weight is 115 g/mol. The summed E-state index contributed by atoms with van der Waals surface area (Å²) in [4.78, 5) is 0. The van der Waals surface area contributed by atoms with Gasteiger partial charge in [-0.05, 0) is 12.6 Å². The highest BCUT2D eigenvalue weighted by Crippen LogP contribution is 2.03. The zero-order valence-electron chi connectivity index (χ0n) is 4.09. The van der Waals surface area contributed by atoms with E-state index in [9.17, 15) is 0 Å². The number of nitrogens with one attached hydrogen (secondary N) is 1. The minimum Gasteiger partial charge on any atom is -0.390 e. The van der Waals surface area contributed by atoms with Crippen LogP contribution in [0.4, 0.5) is 0 Å². The van der Waals surface area contributed by atoms with Crippen molar-refractivity contribution in [1.82, 2.24) is 5.32 Å². The molecule has 1 aliphatic heterocycles. The van der Waals surface area contributed by atoms with E-state index in [1.165, 1.54) is 0 Å².